The summed E-state index contributed by atoms with van der Waals surface area (Å²) in [5.74, 6) is 0.376. The molecular formula is C23H29FN4O4S. The zero-order valence-electron chi connectivity index (χ0n) is 18.7. The Morgan fingerprint density at radius 3 is 2.15 bits per heavy atom. The minimum Gasteiger partial charge on any atom is -0.497 e. The summed E-state index contributed by atoms with van der Waals surface area (Å²) < 4.78 is 46.4. The van der Waals surface area contributed by atoms with E-state index in [1.54, 1.807) is 41.3 Å². The predicted octanol–water partition coefficient (Wildman–Crippen LogP) is 1.49. The molecule has 10 heteroatoms. The summed E-state index contributed by atoms with van der Waals surface area (Å²) in [6, 6.07) is 13.0. The predicted molar refractivity (Wildman–Crippen MR) is 123 cm³/mol. The zero-order valence-corrected chi connectivity index (χ0v) is 19.5. The molecule has 0 unspecified atom stereocenters. The zero-order chi connectivity index (χ0) is 23.4. The quantitative estimate of drug-likeness (QED) is 0.629. The standard InChI is InChI=1S/C23H29FN4O4S/c1-32-19-6-8-20(9-7-19)33(30,31)28-16-10-25(11-17-28)18-23(29)27-14-12-26(13-15-27)22-5-3-2-4-21(22)24/h2-9H,10-18H2,1H3. The Labute approximate surface area is 194 Å². The van der Waals surface area contributed by atoms with Crippen LogP contribution in [-0.2, 0) is 14.8 Å². The van der Waals surface area contributed by atoms with Crippen molar-refractivity contribution in [2.24, 2.45) is 0 Å². The van der Waals surface area contributed by atoms with Crippen molar-refractivity contribution in [2.75, 3.05) is 70.9 Å². The van der Waals surface area contributed by atoms with Crippen LogP contribution in [0.4, 0.5) is 10.1 Å². The van der Waals surface area contributed by atoms with Crippen molar-refractivity contribution >= 4 is 21.6 Å². The number of methoxy groups -OCH3 is 1. The van der Waals surface area contributed by atoms with Crippen molar-refractivity contribution in [1.82, 2.24) is 14.1 Å². The van der Waals surface area contributed by atoms with E-state index in [9.17, 15) is 17.6 Å². The van der Waals surface area contributed by atoms with E-state index in [-0.39, 0.29) is 23.2 Å². The van der Waals surface area contributed by atoms with Gasteiger partial charge in [0.1, 0.15) is 11.6 Å². The maximum absolute atomic E-state index is 14.0. The second-order valence-electron chi connectivity index (χ2n) is 8.18. The maximum atomic E-state index is 14.0. The fraction of sp³-hybridized carbons (Fsp3) is 0.435. The molecular weight excluding hydrogens is 447 g/mol. The van der Waals surface area contributed by atoms with E-state index in [1.807, 2.05) is 15.9 Å². The monoisotopic (exact) mass is 476 g/mol. The van der Waals surface area contributed by atoms with Gasteiger partial charge in [0.2, 0.25) is 15.9 Å². The lowest BCUT2D eigenvalue weighted by atomic mass is 10.2. The van der Waals surface area contributed by atoms with Gasteiger partial charge in [0.25, 0.3) is 0 Å². The van der Waals surface area contributed by atoms with Crippen LogP contribution in [0.5, 0.6) is 5.75 Å². The molecule has 2 heterocycles. The molecule has 2 aliphatic rings. The number of benzene rings is 2. The molecule has 33 heavy (non-hydrogen) atoms. The van der Waals surface area contributed by atoms with E-state index in [0.29, 0.717) is 63.8 Å². The number of anilines is 1. The number of nitrogens with zero attached hydrogens (tertiary/aromatic N) is 4. The summed E-state index contributed by atoms with van der Waals surface area (Å²) in [5.41, 5.74) is 0.568. The fourth-order valence-electron chi connectivity index (χ4n) is 4.22. The lowest BCUT2D eigenvalue weighted by Gasteiger charge is -2.38. The van der Waals surface area contributed by atoms with Crippen LogP contribution >= 0.6 is 0 Å². The second-order valence-corrected chi connectivity index (χ2v) is 10.1. The first-order chi connectivity index (χ1) is 15.9. The molecule has 2 fully saturated rings. The SMILES string of the molecule is COc1ccc(S(=O)(=O)N2CCN(CC(=O)N3CCN(c4ccccc4F)CC3)CC2)cc1. The Hall–Kier alpha value is -2.69. The minimum absolute atomic E-state index is 0.0228. The van der Waals surface area contributed by atoms with Crippen LogP contribution in [0.3, 0.4) is 0 Å². The Morgan fingerprint density at radius 2 is 1.55 bits per heavy atom. The summed E-state index contributed by atoms with van der Waals surface area (Å²) in [6.07, 6.45) is 0. The summed E-state index contributed by atoms with van der Waals surface area (Å²) in [7, 11) is -2.04. The molecule has 2 aliphatic heterocycles. The van der Waals surface area contributed by atoms with E-state index < -0.39 is 10.0 Å². The Morgan fingerprint density at radius 1 is 0.909 bits per heavy atom. The van der Waals surface area contributed by atoms with E-state index >= 15 is 0 Å². The molecule has 0 aliphatic carbocycles. The van der Waals surface area contributed by atoms with Crippen molar-refractivity contribution in [2.45, 2.75) is 4.90 Å². The van der Waals surface area contributed by atoms with Crippen LogP contribution in [-0.4, -0.2) is 94.4 Å². The van der Waals surface area contributed by atoms with Gasteiger partial charge in [0.15, 0.2) is 0 Å². The van der Waals surface area contributed by atoms with Crippen molar-refractivity contribution < 1.29 is 22.3 Å². The van der Waals surface area contributed by atoms with Gasteiger partial charge in [0, 0.05) is 52.4 Å². The largest absolute Gasteiger partial charge is 0.497 e. The lowest BCUT2D eigenvalue weighted by Crippen LogP contribution is -2.54. The van der Waals surface area contributed by atoms with Gasteiger partial charge in [-0.15, -0.1) is 0 Å². The van der Waals surface area contributed by atoms with Gasteiger partial charge in [0.05, 0.1) is 24.2 Å². The van der Waals surface area contributed by atoms with Crippen LogP contribution in [0.25, 0.3) is 0 Å². The topological polar surface area (TPSA) is 73.4 Å². The highest BCUT2D eigenvalue weighted by molar-refractivity contribution is 7.89. The smallest absolute Gasteiger partial charge is 0.243 e. The van der Waals surface area contributed by atoms with Crippen LogP contribution in [0.2, 0.25) is 0 Å². The minimum atomic E-state index is -3.58. The summed E-state index contributed by atoms with van der Waals surface area (Å²) in [5, 5.41) is 0. The van der Waals surface area contributed by atoms with Gasteiger partial charge in [-0.25, -0.2) is 12.8 Å². The molecule has 0 spiro atoms. The number of hydrogen-bond acceptors (Lipinski definition) is 6. The number of rotatable bonds is 6. The average Bonchev–Trinajstić information content (AvgIpc) is 2.85. The Bertz CT molecular complexity index is 1060. The molecule has 8 nitrogen and oxygen atoms in total. The average molecular weight is 477 g/mol. The third-order valence-corrected chi connectivity index (χ3v) is 8.13. The van der Waals surface area contributed by atoms with Gasteiger partial charge in [-0.3, -0.25) is 9.69 Å². The molecule has 2 aromatic rings. The third kappa shape index (κ3) is 5.29. The van der Waals surface area contributed by atoms with Gasteiger partial charge < -0.3 is 14.5 Å². The molecule has 4 rings (SSSR count). The highest BCUT2D eigenvalue weighted by Crippen LogP contribution is 2.22. The van der Waals surface area contributed by atoms with Gasteiger partial charge in [-0.05, 0) is 36.4 Å². The number of halogens is 1. The Kier molecular flexibility index (Phi) is 7.16. The molecule has 2 aromatic carbocycles. The first-order valence-electron chi connectivity index (χ1n) is 11.0. The second kappa shape index (κ2) is 10.1. The molecule has 0 N–H and O–H groups in total. The summed E-state index contributed by atoms with van der Waals surface area (Å²) in [4.78, 5) is 18.8. The van der Waals surface area contributed by atoms with Crippen molar-refractivity contribution in [3.63, 3.8) is 0 Å². The van der Waals surface area contributed by atoms with Crippen LogP contribution < -0.4 is 9.64 Å². The van der Waals surface area contributed by atoms with E-state index in [4.69, 9.17) is 4.74 Å². The van der Waals surface area contributed by atoms with Gasteiger partial charge in [-0.1, -0.05) is 12.1 Å². The normalized spacial score (nSPS) is 18.4. The van der Waals surface area contributed by atoms with Crippen LogP contribution in [0.15, 0.2) is 53.4 Å². The summed E-state index contributed by atoms with van der Waals surface area (Å²) >= 11 is 0. The van der Waals surface area contributed by atoms with Gasteiger partial charge in [-0.2, -0.15) is 4.31 Å². The molecule has 2 saturated heterocycles. The number of para-hydroxylation sites is 1. The maximum Gasteiger partial charge on any atom is 0.243 e. The number of hydrogen-bond donors (Lipinski definition) is 0. The highest BCUT2D eigenvalue weighted by atomic mass is 32.2. The number of carbonyl (C=O) groups is 1. The first-order valence-corrected chi connectivity index (χ1v) is 12.5. The first kappa shape index (κ1) is 23.5. The van der Waals surface area contributed by atoms with E-state index in [0.717, 1.165) is 0 Å². The Balaban J connectivity index is 1.26. The number of ether oxygens (including phenoxy) is 1. The molecule has 1 amide bonds. The number of amides is 1. The molecule has 0 atom stereocenters. The number of sulfonamides is 1. The van der Waals surface area contributed by atoms with E-state index in [1.165, 1.54) is 17.5 Å². The van der Waals surface area contributed by atoms with Crippen LogP contribution in [0.1, 0.15) is 0 Å². The van der Waals surface area contributed by atoms with Crippen molar-refractivity contribution in [3.8, 4) is 5.75 Å². The number of piperazine rings is 2. The molecule has 0 aromatic heterocycles. The van der Waals surface area contributed by atoms with E-state index in [2.05, 4.69) is 0 Å². The fourth-order valence-corrected chi connectivity index (χ4v) is 5.64. The molecule has 0 radical (unpaired) electrons. The van der Waals surface area contributed by atoms with Gasteiger partial charge >= 0.3 is 0 Å². The third-order valence-electron chi connectivity index (χ3n) is 6.21. The van der Waals surface area contributed by atoms with Crippen molar-refractivity contribution in [3.05, 3.63) is 54.3 Å². The molecule has 0 saturated carbocycles. The summed E-state index contributed by atoms with van der Waals surface area (Å²) in [6.45, 7) is 4.17. The van der Waals surface area contributed by atoms with Crippen LogP contribution in [0, 0.1) is 5.82 Å². The molecule has 178 valence electrons. The van der Waals surface area contributed by atoms with Crippen molar-refractivity contribution in [1.29, 1.82) is 0 Å². The lowest BCUT2D eigenvalue weighted by molar-refractivity contribution is -0.133. The molecule has 0 bridgehead atoms. The number of carbonyl (C=O) groups excluding carboxylic acids is 1. The highest BCUT2D eigenvalue weighted by Gasteiger charge is 2.30.